The zero-order chi connectivity index (χ0) is 13.7. The molecule has 1 aromatic rings. The second kappa shape index (κ2) is 6.52. The van der Waals surface area contributed by atoms with Crippen molar-refractivity contribution in [1.82, 2.24) is 5.32 Å². The molecule has 104 valence electrons. The fourth-order valence-corrected chi connectivity index (χ4v) is 1.82. The van der Waals surface area contributed by atoms with Gasteiger partial charge in [-0.2, -0.15) is 0 Å². The molecular formula is C14H18FNO3. The van der Waals surface area contributed by atoms with Crippen molar-refractivity contribution in [3.8, 4) is 5.75 Å². The summed E-state index contributed by atoms with van der Waals surface area (Å²) in [6, 6.07) is 5.57. The van der Waals surface area contributed by atoms with E-state index in [1.165, 1.54) is 24.3 Å². The van der Waals surface area contributed by atoms with Gasteiger partial charge in [-0.05, 0) is 37.1 Å². The molecule has 0 spiro atoms. The van der Waals surface area contributed by atoms with Gasteiger partial charge >= 0.3 is 0 Å². The highest BCUT2D eigenvalue weighted by atomic mass is 19.1. The van der Waals surface area contributed by atoms with Gasteiger partial charge in [0.05, 0.1) is 0 Å². The van der Waals surface area contributed by atoms with Gasteiger partial charge in [-0.1, -0.05) is 6.42 Å². The summed E-state index contributed by atoms with van der Waals surface area (Å²) in [6.45, 7) is 0.243. The first kappa shape index (κ1) is 13.8. The largest absolute Gasteiger partial charge is 0.491 e. The first-order chi connectivity index (χ1) is 9.15. The molecule has 4 nitrogen and oxygen atoms in total. The number of benzene rings is 1. The predicted molar refractivity (Wildman–Crippen MR) is 68.3 cm³/mol. The molecule has 1 aliphatic rings. The number of carbonyl (C=O) groups is 1. The fourth-order valence-electron chi connectivity index (χ4n) is 1.82. The summed E-state index contributed by atoms with van der Waals surface area (Å²) in [6.07, 6.45) is 2.21. The molecule has 0 bridgehead atoms. The highest BCUT2D eigenvalue weighted by Gasteiger charge is 2.25. The lowest BCUT2D eigenvalue weighted by Crippen LogP contribution is -2.40. The minimum atomic E-state index is -0.769. The highest BCUT2D eigenvalue weighted by molar-refractivity contribution is 5.79. The normalized spacial score (nSPS) is 16.5. The Kier molecular flexibility index (Phi) is 4.74. The average molecular weight is 267 g/mol. The highest BCUT2D eigenvalue weighted by Crippen LogP contribution is 2.26. The van der Waals surface area contributed by atoms with Crippen molar-refractivity contribution in [2.75, 3.05) is 13.2 Å². The topological polar surface area (TPSA) is 58.6 Å². The van der Waals surface area contributed by atoms with Gasteiger partial charge in [0.1, 0.15) is 24.3 Å². The van der Waals surface area contributed by atoms with E-state index in [-0.39, 0.29) is 30.8 Å². The number of halogens is 1. The average Bonchev–Trinajstić information content (AvgIpc) is 2.33. The Morgan fingerprint density at radius 2 is 2.11 bits per heavy atom. The number of hydrogen-bond donors (Lipinski definition) is 2. The van der Waals surface area contributed by atoms with Gasteiger partial charge < -0.3 is 15.2 Å². The van der Waals surface area contributed by atoms with Crippen LogP contribution in [-0.4, -0.2) is 30.3 Å². The maximum Gasteiger partial charge on any atom is 0.223 e. The lowest BCUT2D eigenvalue weighted by Gasteiger charge is -2.24. The Hall–Kier alpha value is -1.62. The Balaban J connectivity index is 1.65. The Bertz CT molecular complexity index is 417. The van der Waals surface area contributed by atoms with Crippen LogP contribution < -0.4 is 10.1 Å². The number of aliphatic hydroxyl groups excluding tert-OH is 1. The van der Waals surface area contributed by atoms with Crippen molar-refractivity contribution < 1.29 is 19.0 Å². The standard InChI is InChI=1S/C14H18FNO3/c15-11-4-6-13(7-5-11)19-9-12(17)8-16-14(18)10-2-1-3-10/h4-7,10,12,17H,1-3,8-9H2,(H,16,18). The molecule has 2 rings (SSSR count). The van der Waals surface area contributed by atoms with E-state index < -0.39 is 6.10 Å². The molecular weight excluding hydrogens is 249 g/mol. The maximum atomic E-state index is 12.7. The summed E-state index contributed by atoms with van der Waals surface area (Å²) in [4.78, 5) is 11.5. The minimum absolute atomic E-state index is 0.00656. The van der Waals surface area contributed by atoms with Gasteiger partial charge in [0.2, 0.25) is 5.91 Å². The smallest absolute Gasteiger partial charge is 0.223 e. The Labute approximate surface area is 111 Å². The number of nitrogens with one attached hydrogen (secondary N) is 1. The predicted octanol–water partition coefficient (Wildman–Crippen LogP) is 1.48. The van der Waals surface area contributed by atoms with Gasteiger partial charge in [0, 0.05) is 12.5 Å². The van der Waals surface area contributed by atoms with E-state index in [9.17, 15) is 14.3 Å². The first-order valence-electron chi connectivity index (χ1n) is 6.49. The number of aliphatic hydroxyl groups is 1. The van der Waals surface area contributed by atoms with Crippen LogP contribution in [0.5, 0.6) is 5.75 Å². The van der Waals surface area contributed by atoms with Crippen LogP contribution >= 0.6 is 0 Å². The lowest BCUT2D eigenvalue weighted by atomic mass is 9.85. The molecule has 5 heteroatoms. The van der Waals surface area contributed by atoms with Crippen LogP contribution in [-0.2, 0) is 4.79 Å². The van der Waals surface area contributed by atoms with Crippen LogP contribution in [0.15, 0.2) is 24.3 Å². The molecule has 1 aliphatic carbocycles. The molecule has 0 aliphatic heterocycles. The second-order valence-corrected chi connectivity index (χ2v) is 4.79. The minimum Gasteiger partial charge on any atom is -0.491 e. The molecule has 0 aromatic heterocycles. The van der Waals surface area contributed by atoms with Gasteiger partial charge in [-0.25, -0.2) is 4.39 Å². The number of hydrogen-bond acceptors (Lipinski definition) is 3. The van der Waals surface area contributed by atoms with E-state index in [4.69, 9.17) is 4.74 Å². The summed E-state index contributed by atoms with van der Waals surface area (Å²) >= 11 is 0. The maximum absolute atomic E-state index is 12.7. The molecule has 0 radical (unpaired) electrons. The summed E-state index contributed by atoms with van der Waals surface area (Å²) in [7, 11) is 0. The summed E-state index contributed by atoms with van der Waals surface area (Å²) in [5.41, 5.74) is 0. The van der Waals surface area contributed by atoms with Crippen LogP contribution in [0.25, 0.3) is 0 Å². The first-order valence-corrected chi connectivity index (χ1v) is 6.49. The van der Waals surface area contributed by atoms with Gasteiger partial charge in [0.25, 0.3) is 0 Å². The van der Waals surface area contributed by atoms with E-state index >= 15 is 0 Å². The number of ether oxygens (including phenoxy) is 1. The summed E-state index contributed by atoms with van der Waals surface area (Å²) in [5, 5.41) is 12.4. The van der Waals surface area contributed by atoms with Crippen molar-refractivity contribution in [2.45, 2.75) is 25.4 Å². The molecule has 1 unspecified atom stereocenters. The number of rotatable bonds is 6. The molecule has 2 N–H and O–H groups in total. The second-order valence-electron chi connectivity index (χ2n) is 4.79. The molecule has 19 heavy (non-hydrogen) atoms. The van der Waals surface area contributed by atoms with Gasteiger partial charge in [-0.3, -0.25) is 4.79 Å². The molecule has 1 atom stereocenters. The van der Waals surface area contributed by atoms with Crippen molar-refractivity contribution in [3.63, 3.8) is 0 Å². The molecule has 0 saturated heterocycles. The molecule has 1 aromatic carbocycles. The van der Waals surface area contributed by atoms with E-state index in [0.717, 1.165) is 19.3 Å². The number of carbonyl (C=O) groups excluding carboxylic acids is 1. The molecule has 0 heterocycles. The zero-order valence-electron chi connectivity index (χ0n) is 10.6. The van der Waals surface area contributed by atoms with E-state index in [1.54, 1.807) is 0 Å². The molecule has 1 fully saturated rings. The lowest BCUT2D eigenvalue weighted by molar-refractivity contribution is -0.127. The van der Waals surface area contributed by atoms with Gasteiger partial charge in [-0.15, -0.1) is 0 Å². The van der Waals surface area contributed by atoms with Crippen molar-refractivity contribution in [1.29, 1.82) is 0 Å². The fraction of sp³-hybridized carbons (Fsp3) is 0.500. The van der Waals surface area contributed by atoms with Crippen LogP contribution in [0.1, 0.15) is 19.3 Å². The Morgan fingerprint density at radius 1 is 1.42 bits per heavy atom. The van der Waals surface area contributed by atoms with Gasteiger partial charge in [0.15, 0.2) is 0 Å². The van der Waals surface area contributed by atoms with Crippen LogP contribution in [0.3, 0.4) is 0 Å². The van der Waals surface area contributed by atoms with Crippen LogP contribution in [0.2, 0.25) is 0 Å². The summed E-state index contributed by atoms with van der Waals surface area (Å²) < 4.78 is 17.9. The van der Waals surface area contributed by atoms with Crippen LogP contribution in [0, 0.1) is 11.7 Å². The third kappa shape index (κ3) is 4.21. The van der Waals surface area contributed by atoms with Crippen molar-refractivity contribution in [2.24, 2.45) is 5.92 Å². The van der Waals surface area contributed by atoms with Crippen molar-refractivity contribution >= 4 is 5.91 Å². The third-order valence-electron chi connectivity index (χ3n) is 3.24. The summed E-state index contributed by atoms with van der Waals surface area (Å²) in [5.74, 6) is 0.281. The Morgan fingerprint density at radius 3 is 2.68 bits per heavy atom. The SMILES string of the molecule is O=C(NCC(O)COc1ccc(F)cc1)C1CCC1. The van der Waals surface area contributed by atoms with E-state index in [2.05, 4.69) is 5.32 Å². The quantitative estimate of drug-likeness (QED) is 0.821. The van der Waals surface area contributed by atoms with Crippen LogP contribution in [0.4, 0.5) is 4.39 Å². The number of amides is 1. The van der Waals surface area contributed by atoms with E-state index in [1.807, 2.05) is 0 Å². The monoisotopic (exact) mass is 267 g/mol. The zero-order valence-corrected chi connectivity index (χ0v) is 10.6. The molecule has 1 amide bonds. The van der Waals surface area contributed by atoms with Crippen molar-refractivity contribution in [3.05, 3.63) is 30.1 Å². The third-order valence-corrected chi connectivity index (χ3v) is 3.24. The van der Waals surface area contributed by atoms with E-state index in [0.29, 0.717) is 5.75 Å². The molecule has 1 saturated carbocycles.